The first-order valence-electron chi connectivity index (χ1n) is 10.3. The molecule has 6 rings (SSSR count). The zero-order chi connectivity index (χ0) is 17.5. The van der Waals surface area contributed by atoms with Gasteiger partial charge < -0.3 is 10.2 Å². The van der Waals surface area contributed by atoms with Crippen LogP contribution >= 0.6 is 0 Å². The van der Waals surface area contributed by atoms with E-state index in [0.717, 1.165) is 29.6 Å². The number of phenols is 2. The number of benzene rings is 2. The third kappa shape index (κ3) is 1.78. The second-order valence-electron chi connectivity index (χ2n) is 9.36. The van der Waals surface area contributed by atoms with Gasteiger partial charge in [-0.15, -0.1) is 0 Å². The van der Waals surface area contributed by atoms with E-state index in [2.05, 4.69) is 24.3 Å². The molecule has 6 atom stereocenters. The third-order valence-corrected chi connectivity index (χ3v) is 8.59. The van der Waals surface area contributed by atoms with E-state index >= 15 is 0 Å². The summed E-state index contributed by atoms with van der Waals surface area (Å²) in [6.07, 6.45) is 6.99. The third-order valence-electron chi connectivity index (χ3n) is 8.59. The highest BCUT2D eigenvalue weighted by atomic mass is 16.3. The van der Waals surface area contributed by atoms with E-state index in [9.17, 15) is 10.2 Å². The van der Waals surface area contributed by atoms with Crippen LogP contribution in [0.4, 0.5) is 0 Å². The van der Waals surface area contributed by atoms with Gasteiger partial charge >= 0.3 is 0 Å². The smallest absolute Gasteiger partial charge is 0.115 e. The lowest BCUT2D eigenvalue weighted by molar-refractivity contribution is 0.100. The lowest BCUT2D eigenvalue weighted by Crippen LogP contribution is -2.43. The van der Waals surface area contributed by atoms with Crippen LogP contribution in [0, 0.1) is 35.5 Å². The Bertz CT molecular complexity index is 792. The highest BCUT2D eigenvalue weighted by molar-refractivity contribution is 5.47. The fraction of sp³-hybridized carbons (Fsp3) is 0.500. The summed E-state index contributed by atoms with van der Waals surface area (Å²) in [6.45, 7) is 0. The lowest BCUT2D eigenvalue weighted by atomic mass is 9.56. The number of hydrogen-bond acceptors (Lipinski definition) is 2. The van der Waals surface area contributed by atoms with E-state index in [1.54, 1.807) is 0 Å². The van der Waals surface area contributed by atoms with E-state index in [1.165, 1.54) is 43.2 Å². The van der Waals surface area contributed by atoms with Gasteiger partial charge in [-0.25, -0.2) is 0 Å². The Hall–Kier alpha value is -1.96. The fourth-order valence-corrected chi connectivity index (χ4v) is 7.98. The van der Waals surface area contributed by atoms with Crippen molar-refractivity contribution in [3.63, 3.8) is 0 Å². The molecule has 0 spiro atoms. The van der Waals surface area contributed by atoms with Crippen LogP contribution in [0.15, 0.2) is 48.5 Å². The second-order valence-corrected chi connectivity index (χ2v) is 9.36. The number of aromatic hydroxyl groups is 2. The highest BCUT2D eigenvalue weighted by Gasteiger charge is 2.67. The molecule has 4 fully saturated rings. The minimum atomic E-state index is 0.0533. The van der Waals surface area contributed by atoms with Crippen molar-refractivity contribution >= 4 is 0 Å². The highest BCUT2D eigenvalue weighted by Crippen LogP contribution is 2.73. The molecule has 4 aliphatic carbocycles. The Kier molecular flexibility index (Phi) is 2.94. The lowest BCUT2D eigenvalue weighted by Gasteiger charge is -2.47. The average molecular weight is 346 g/mol. The van der Waals surface area contributed by atoms with Crippen LogP contribution in [0.2, 0.25) is 0 Å². The maximum Gasteiger partial charge on any atom is 0.115 e. The average Bonchev–Trinajstić information content (AvgIpc) is 3.41. The number of phenolic OH excluding ortho intramolecular Hbond substituents is 2. The van der Waals surface area contributed by atoms with Crippen molar-refractivity contribution < 1.29 is 10.2 Å². The SMILES string of the molecule is Oc1ccc(C2(c3ccc(O)cc3)C[C@H]3C[C@@H]2C2C3[C@H]3CC[C@@H]2C3)cc1. The Morgan fingerprint density at radius 2 is 1.19 bits per heavy atom. The molecule has 2 aromatic rings. The molecule has 0 saturated heterocycles. The molecule has 4 aliphatic rings. The molecule has 2 unspecified atom stereocenters. The van der Waals surface area contributed by atoms with Gasteiger partial charge in [0, 0.05) is 5.41 Å². The Balaban J connectivity index is 1.52. The van der Waals surface area contributed by atoms with Crippen LogP contribution in [-0.4, -0.2) is 10.2 Å². The normalized spacial score (nSPS) is 38.6. The molecule has 0 radical (unpaired) electrons. The van der Waals surface area contributed by atoms with Crippen molar-refractivity contribution in [3.8, 4) is 11.5 Å². The predicted molar refractivity (Wildman–Crippen MR) is 101 cm³/mol. The largest absolute Gasteiger partial charge is 0.508 e. The summed E-state index contributed by atoms with van der Waals surface area (Å²) in [4.78, 5) is 0. The van der Waals surface area contributed by atoms with Gasteiger partial charge in [0.15, 0.2) is 0 Å². The van der Waals surface area contributed by atoms with Gasteiger partial charge in [0.05, 0.1) is 0 Å². The molecule has 26 heavy (non-hydrogen) atoms. The van der Waals surface area contributed by atoms with Gasteiger partial charge in [-0.05, 0) is 103 Å². The topological polar surface area (TPSA) is 40.5 Å². The molecule has 4 saturated carbocycles. The molecule has 2 N–H and O–H groups in total. The summed E-state index contributed by atoms with van der Waals surface area (Å²) in [5.74, 6) is 6.04. The van der Waals surface area contributed by atoms with Crippen molar-refractivity contribution in [1.82, 2.24) is 0 Å². The zero-order valence-corrected chi connectivity index (χ0v) is 15.0. The first kappa shape index (κ1) is 15.1. The van der Waals surface area contributed by atoms with Gasteiger partial charge in [0.2, 0.25) is 0 Å². The van der Waals surface area contributed by atoms with Crippen LogP contribution < -0.4 is 0 Å². The van der Waals surface area contributed by atoms with Crippen molar-refractivity contribution in [2.24, 2.45) is 35.5 Å². The van der Waals surface area contributed by atoms with Gasteiger partial charge in [-0.2, -0.15) is 0 Å². The van der Waals surface area contributed by atoms with Crippen molar-refractivity contribution in [1.29, 1.82) is 0 Å². The number of hydrogen-bond donors (Lipinski definition) is 2. The monoisotopic (exact) mass is 346 g/mol. The quantitative estimate of drug-likeness (QED) is 0.744. The minimum Gasteiger partial charge on any atom is -0.508 e. The Labute approximate surface area is 154 Å². The summed E-state index contributed by atoms with van der Waals surface area (Å²) < 4.78 is 0. The molecule has 0 heterocycles. The minimum absolute atomic E-state index is 0.0533. The van der Waals surface area contributed by atoms with E-state index in [4.69, 9.17) is 0 Å². The van der Waals surface area contributed by atoms with Crippen LogP contribution in [-0.2, 0) is 5.41 Å². The Morgan fingerprint density at radius 3 is 1.77 bits per heavy atom. The fourth-order valence-electron chi connectivity index (χ4n) is 7.98. The molecule has 4 bridgehead atoms. The Morgan fingerprint density at radius 1 is 0.654 bits per heavy atom. The van der Waals surface area contributed by atoms with Gasteiger partial charge in [-0.1, -0.05) is 24.3 Å². The molecule has 0 amide bonds. The first-order valence-corrected chi connectivity index (χ1v) is 10.3. The van der Waals surface area contributed by atoms with Crippen molar-refractivity contribution in [3.05, 3.63) is 59.7 Å². The second kappa shape index (κ2) is 5.06. The van der Waals surface area contributed by atoms with E-state index in [0.29, 0.717) is 17.4 Å². The molecule has 2 nitrogen and oxygen atoms in total. The van der Waals surface area contributed by atoms with E-state index in [1.807, 2.05) is 24.3 Å². The molecular weight excluding hydrogens is 320 g/mol. The summed E-state index contributed by atoms with van der Waals surface area (Å²) in [6, 6.07) is 16.0. The first-order chi connectivity index (χ1) is 12.7. The van der Waals surface area contributed by atoms with E-state index < -0.39 is 0 Å². The standard InChI is InChI=1S/C24H26O2/c25-19-7-3-17(4-8-19)24(18-5-9-20(26)10-6-18)13-16-12-21(24)23-15-2-1-14(11-15)22(16)23/h3-10,14-16,21-23,25-26H,1-2,11-13H2/t14-,15+,16+,21+,22?,23?/m0/s1. The maximum absolute atomic E-state index is 9.83. The number of fused-ring (bicyclic) bond motifs is 9. The summed E-state index contributed by atoms with van der Waals surface area (Å²) in [5, 5.41) is 19.7. The van der Waals surface area contributed by atoms with Crippen LogP contribution in [0.3, 0.4) is 0 Å². The molecule has 2 heteroatoms. The van der Waals surface area contributed by atoms with Gasteiger partial charge in [-0.3, -0.25) is 0 Å². The van der Waals surface area contributed by atoms with Crippen molar-refractivity contribution in [2.45, 2.75) is 37.5 Å². The van der Waals surface area contributed by atoms with Gasteiger partial charge in [0.1, 0.15) is 11.5 Å². The molecular formula is C24H26O2. The van der Waals surface area contributed by atoms with Crippen LogP contribution in [0.1, 0.15) is 43.2 Å². The molecule has 2 aromatic carbocycles. The van der Waals surface area contributed by atoms with Gasteiger partial charge in [0.25, 0.3) is 0 Å². The number of rotatable bonds is 2. The zero-order valence-electron chi connectivity index (χ0n) is 15.0. The molecule has 0 aromatic heterocycles. The summed E-state index contributed by atoms with van der Waals surface area (Å²) in [7, 11) is 0. The molecule has 134 valence electrons. The molecule has 0 aliphatic heterocycles. The predicted octanol–water partition coefficient (Wildman–Crippen LogP) is 5.09. The van der Waals surface area contributed by atoms with Crippen LogP contribution in [0.5, 0.6) is 11.5 Å². The maximum atomic E-state index is 9.83. The summed E-state index contributed by atoms with van der Waals surface area (Å²) in [5.41, 5.74) is 2.77. The summed E-state index contributed by atoms with van der Waals surface area (Å²) >= 11 is 0. The van der Waals surface area contributed by atoms with Crippen LogP contribution in [0.25, 0.3) is 0 Å². The van der Waals surface area contributed by atoms with Crippen molar-refractivity contribution in [2.75, 3.05) is 0 Å². The van der Waals surface area contributed by atoms with E-state index in [-0.39, 0.29) is 5.41 Å².